The van der Waals surface area contributed by atoms with E-state index in [1.54, 1.807) is 0 Å². The first-order chi connectivity index (χ1) is 5.60. The van der Waals surface area contributed by atoms with Crippen LogP contribution in [0.5, 0.6) is 0 Å². The summed E-state index contributed by atoms with van der Waals surface area (Å²) in [4.78, 5) is 10.8. The van der Waals surface area contributed by atoms with E-state index < -0.39 is 11.4 Å². The van der Waals surface area contributed by atoms with E-state index in [1.165, 1.54) is 0 Å². The topological polar surface area (TPSA) is 61.1 Å². The highest BCUT2D eigenvalue weighted by Crippen LogP contribution is 2.48. The van der Waals surface area contributed by atoms with Gasteiger partial charge in [-0.25, -0.2) is 0 Å². The van der Waals surface area contributed by atoms with E-state index in [0.29, 0.717) is 18.8 Å². The molecule has 0 bridgehead atoms. The molecule has 1 aliphatic carbocycles. The second-order valence-corrected chi connectivity index (χ2v) is 3.76. The number of carbonyl (C=O) groups is 1. The molecule has 0 unspecified atom stereocenters. The fraction of sp³-hybridized carbons (Fsp3) is 0.778. The van der Waals surface area contributed by atoms with E-state index in [4.69, 9.17) is 10.4 Å². The average molecular weight is 167 g/mol. The summed E-state index contributed by atoms with van der Waals surface area (Å²) in [5.74, 6) is -0.212. The summed E-state index contributed by atoms with van der Waals surface area (Å²) in [5.41, 5.74) is -0.560. The molecule has 0 aliphatic heterocycles. The van der Waals surface area contributed by atoms with Crippen molar-refractivity contribution in [3.8, 4) is 6.07 Å². The Hall–Kier alpha value is -1.04. The summed E-state index contributed by atoms with van der Waals surface area (Å²) in [6, 6.07) is 2.00. The van der Waals surface area contributed by atoms with Crippen molar-refractivity contribution in [3.05, 3.63) is 0 Å². The lowest BCUT2D eigenvalue weighted by Gasteiger charge is -2.42. The first kappa shape index (κ1) is 9.05. The summed E-state index contributed by atoms with van der Waals surface area (Å²) < 4.78 is 0. The summed E-state index contributed by atoms with van der Waals surface area (Å²) in [7, 11) is 0. The van der Waals surface area contributed by atoms with Gasteiger partial charge in [0.1, 0.15) is 0 Å². The molecule has 1 aliphatic rings. The Kier molecular flexibility index (Phi) is 2.37. The Balaban J connectivity index is 2.52. The number of hydrogen-bond acceptors (Lipinski definition) is 2. The fourth-order valence-corrected chi connectivity index (χ4v) is 2.06. The molecular formula is C9H13NO2. The van der Waals surface area contributed by atoms with Gasteiger partial charge in [0.2, 0.25) is 0 Å². The van der Waals surface area contributed by atoms with Crippen molar-refractivity contribution >= 4 is 5.97 Å². The second-order valence-electron chi connectivity index (χ2n) is 3.76. The van der Waals surface area contributed by atoms with Crippen LogP contribution >= 0.6 is 0 Å². The number of aliphatic carboxylic acids is 1. The molecule has 0 aromatic rings. The SMILES string of the molecule is CC1CC(CCC#N)(C(=O)O)C1. The van der Waals surface area contributed by atoms with Crippen molar-refractivity contribution < 1.29 is 9.90 Å². The number of carboxylic acids is 1. The van der Waals surface area contributed by atoms with Gasteiger partial charge in [-0.15, -0.1) is 0 Å². The minimum Gasteiger partial charge on any atom is -0.481 e. The van der Waals surface area contributed by atoms with E-state index >= 15 is 0 Å². The Morgan fingerprint density at radius 2 is 2.33 bits per heavy atom. The summed E-state index contributed by atoms with van der Waals surface area (Å²) in [5, 5.41) is 17.3. The normalized spacial score (nSPS) is 33.5. The number of hydrogen-bond donors (Lipinski definition) is 1. The highest BCUT2D eigenvalue weighted by atomic mass is 16.4. The summed E-state index contributed by atoms with van der Waals surface area (Å²) in [6.45, 7) is 2.05. The zero-order chi connectivity index (χ0) is 9.19. The average Bonchev–Trinajstić information content (AvgIpc) is 1.95. The Morgan fingerprint density at radius 1 is 1.75 bits per heavy atom. The molecule has 0 heterocycles. The molecule has 3 heteroatoms. The third kappa shape index (κ3) is 1.42. The van der Waals surface area contributed by atoms with E-state index in [9.17, 15) is 4.79 Å². The van der Waals surface area contributed by atoms with Crippen LogP contribution in [0.25, 0.3) is 0 Å². The molecule has 0 amide bonds. The van der Waals surface area contributed by atoms with Crippen molar-refractivity contribution in [2.45, 2.75) is 32.6 Å². The molecule has 0 radical (unpaired) electrons. The van der Waals surface area contributed by atoms with Crippen LogP contribution in [0.3, 0.4) is 0 Å². The quantitative estimate of drug-likeness (QED) is 0.697. The lowest BCUT2D eigenvalue weighted by molar-refractivity contribution is -0.158. The van der Waals surface area contributed by atoms with Gasteiger partial charge < -0.3 is 5.11 Å². The summed E-state index contributed by atoms with van der Waals surface area (Å²) in [6.07, 6.45) is 2.36. The maximum atomic E-state index is 10.8. The highest BCUT2D eigenvalue weighted by Gasteiger charge is 2.47. The van der Waals surface area contributed by atoms with Crippen LogP contribution < -0.4 is 0 Å². The molecule has 0 aromatic heterocycles. The van der Waals surface area contributed by atoms with Crippen LogP contribution in [0, 0.1) is 22.7 Å². The largest absolute Gasteiger partial charge is 0.481 e. The van der Waals surface area contributed by atoms with E-state index in [0.717, 1.165) is 12.8 Å². The van der Waals surface area contributed by atoms with Crippen LogP contribution in [0.15, 0.2) is 0 Å². The number of carboxylic acid groups (broad SMARTS) is 1. The molecular weight excluding hydrogens is 154 g/mol. The third-order valence-electron chi connectivity index (χ3n) is 2.65. The van der Waals surface area contributed by atoms with Crippen molar-refractivity contribution in [1.29, 1.82) is 5.26 Å². The van der Waals surface area contributed by atoms with Crippen molar-refractivity contribution in [2.24, 2.45) is 11.3 Å². The Labute approximate surface area is 72.0 Å². The molecule has 0 spiro atoms. The molecule has 66 valence electrons. The highest BCUT2D eigenvalue weighted by molar-refractivity contribution is 5.75. The molecule has 12 heavy (non-hydrogen) atoms. The zero-order valence-electron chi connectivity index (χ0n) is 7.21. The molecule has 1 saturated carbocycles. The van der Waals surface area contributed by atoms with Gasteiger partial charge >= 0.3 is 5.97 Å². The van der Waals surface area contributed by atoms with Gasteiger partial charge in [0, 0.05) is 6.42 Å². The lowest BCUT2D eigenvalue weighted by atomic mass is 9.60. The van der Waals surface area contributed by atoms with E-state index in [-0.39, 0.29) is 0 Å². The molecule has 3 nitrogen and oxygen atoms in total. The van der Waals surface area contributed by atoms with Gasteiger partial charge in [0.05, 0.1) is 11.5 Å². The maximum absolute atomic E-state index is 10.8. The fourth-order valence-electron chi connectivity index (χ4n) is 2.06. The molecule has 0 atom stereocenters. The molecule has 0 saturated heterocycles. The van der Waals surface area contributed by atoms with Gasteiger partial charge in [0.15, 0.2) is 0 Å². The van der Waals surface area contributed by atoms with Gasteiger partial charge in [-0.05, 0) is 25.2 Å². The number of nitriles is 1. The first-order valence-corrected chi connectivity index (χ1v) is 4.21. The third-order valence-corrected chi connectivity index (χ3v) is 2.65. The zero-order valence-corrected chi connectivity index (χ0v) is 7.21. The van der Waals surface area contributed by atoms with Crippen LogP contribution in [-0.4, -0.2) is 11.1 Å². The molecule has 0 aromatic carbocycles. The number of rotatable bonds is 3. The molecule has 1 fully saturated rings. The van der Waals surface area contributed by atoms with Gasteiger partial charge in [-0.3, -0.25) is 4.79 Å². The van der Waals surface area contributed by atoms with Gasteiger partial charge in [-0.2, -0.15) is 5.26 Å². The van der Waals surface area contributed by atoms with E-state index in [1.807, 2.05) is 13.0 Å². The summed E-state index contributed by atoms with van der Waals surface area (Å²) >= 11 is 0. The standard InChI is InChI=1S/C9H13NO2/c1-7-5-9(6-7,8(11)12)3-2-4-10/h7H,2-3,5-6H2,1H3,(H,11,12). The van der Waals surface area contributed by atoms with Crippen LogP contribution in [-0.2, 0) is 4.79 Å². The second kappa shape index (κ2) is 3.14. The van der Waals surface area contributed by atoms with Gasteiger partial charge in [0.25, 0.3) is 0 Å². The Bertz CT molecular complexity index is 223. The van der Waals surface area contributed by atoms with Crippen molar-refractivity contribution in [1.82, 2.24) is 0 Å². The minimum atomic E-state index is -0.726. The van der Waals surface area contributed by atoms with Crippen molar-refractivity contribution in [2.75, 3.05) is 0 Å². The monoisotopic (exact) mass is 167 g/mol. The van der Waals surface area contributed by atoms with Crippen molar-refractivity contribution in [3.63, 3.8) is 0 Å². The van der Waals surface area contributed by atoms with Crippen LogP contribution in [0.2, 0.25) is 0 Å². The molecule has 1 rings (SSSR count). The maximum Gasteiger partial charge on any atom is 0.309 e. The predicted molar refractivity (Wildman–Crippen MR) is 43.3 cm³/mol. The predicted octanol–water partition coefficient (Wildman–Crippen LogP) is 1.79. The van der Waals surface area contributed by atoms with Gasteiger partial charge in [-0.1, -0.05) is 6.92 Å². The first-order valence-electron chi connectivity index (χ1n) is 4.21. The lowest BCUT2D eigenvalue weighted by Crippen LogP contribution is -2.42. The number of nitrogens with zero attached hydrogens (tertiary/aromatic N) is 1. The van der Waals surface area contributed by atoms with E-state index in [2.05, 4.69) is 0 Å². The van der Waals surface area contributed by atoms with Crippen LogP contribution in [0.1, 0.15) is 32.6 Å². The molecule has 1 N–H and O–H groups in total. The van der Waals surface area contributed by atoms with Crippen LogP contribution in [0.4, 0.5) is 0 Å². The minimum absolute atomic E-state index is 0.360. The Morgan fingerprint density at radius 3 is 2.67 bits per heavy atom. The smallest absolute Gasteiger partial charge is 0.309 e.